The van der Waals surface area contributed by atoms with E-state index >= 15 is 0 Å². The lowest BCUT2D eigenvalue weighted by Crippen LogP contribution is -2.32. The van der Waals surface area contributed by atoms with Gasteiger partial charge in [-0.3, -0.25) is 13.8 Å². The summed E-state index contributed by atoms with van der Waals surface area (Å²) in [4.78, 5) is 13.4. The number of nitrogens with one attached hydrogen (secondary N) is 2. The number of halogens is 1. The summed E-state index contributed by atoms with van der Waals surface area (Å²) >= 11 is 0. The zero-order valence-electron chi connectivity index (χ0n) is 19.5. The third kappa shape index (κ3) is 4.32. The van der Waals surface area contributed by atoms with E-state index in [1.54, 1.807) is 24.3 Å². The van der Waals surface area contributed by atoms with Crippen LogP contribution in [0, 0.1) is 5.82 Å². The van der Waals surface area contributed by atoms with E-state index in [4.69, 9.17) is 0 Å². The van der Waals surface area contributed by atoms with Crippen molar-refractivity contribution in [1.29, 1.82) is 0 Å². The number of benzene rings is 3. The summed E-state index contributed by atoms with van der Waals surface area (Å²) in [5.41, 5.74) is 0.921. The lowest BCUT2D eigenvalue weighted by molar-refractivity contribution is 0.102. The smallest absolute Gasteiger partial charge is 0.278 e. The molecule has 4 aromatic rings. The highest BCUT2D eigenvalue weighted by molar-refractivity contribution is 7.93. The van der Waals surface area contributed by atoms with Gasteiger partial charge in [0, 0.05) is 24.0 Å². The lowest BCUT2D eigenvalue weighted by atomic mass is 10.1. The minimum Gasteiger partial charge on any atom is -0.321 e. The normalized spacial score (nSPS) is 14.0. The number of rotatable bonds is 5. The Morgan fingerprint density at radius 1 is 0.946 bits per heavy atom. The number of nitrogens with zero attached hydrogens (tertiary/aromatic N) is 3. The van der Waals surface area contributed by atoms with Gasteiger partial charge >= 0.3 is 0 Å². The maximum Gasteiger partial charge on any atom is 0.278 e. The number of aromatic nitrogens is 2. The van der Waals surface area contributed by atoms with Crippen molar-refractivity contribution in [3.63, 3.8) is 0 Å². The van der Waals surface area contributed by atoms with Crippen LogP contribution in [-0.2, 0) is 20.0 Å². The molecule has 1 aliphatic heterocycles. The molecule has 0 saturated heterocycles. The van der Waals surface area contributed by atoms with Crippen molar-refractivity contribution in [3.05, 3.63) is 84.3 Å². The van der Waals surface area contributed by atoms with Gasteiger partial charge in [-0.1, -0.05) is 30.3 Å². The van der Waals surface area contributed by atoms with E-state index in [2.05, 4.69) is 15.1 Å². The highest BCUT2D eigenvalue weighted by atomic mass is 32.2. The predicted octanol–water partition coefficient (Wildman–Crippen LogP) is 3.44. The van der Waals surface area contributed by atoms with Gasteiger partial charge in [0.05, 0.1) is 11.2 Å². The van der Waals surface area contributed by atoms with Gasteiger partial charge in [0.15, 0.2) is 5.69 Å². The average Bonchev–Trinajstić information content (AvgIpc) is 3.24. The summed E-state index contributed by atoms with van der Waals surface area (Å²) in [5.74, 6) is -1.35. The highest BCUT2D eigenvalue weighted by Gasteiger charge is 2.40. The average molecular weight is 542 g/mol. The first-order valence-electron chi connectivity index (χ1n) is 10.8. The molecule has 190 valence electrons. The Bertz CT molecular complexity index is 1770. The van der Waals surface area contributed by atoms with E-state index in [1.165, 1.54) is 60.3 Å². The van der Waals surface area contributed by atoms with E-state index in [0.29, 0.717) is 11.4 Å². The van der Waals surface area contributed by atoms with Crippen molar-refractivity contribution in [2.45, 2.75) is 4.90 Å². The van der Waals surface area contributed by atoms with Crippen LogP contribution >= 0.6 is 0 Å². The number of hydrogen-bond acceptors (Lipinski definition) is 6. The number of carbonyl (C=O) groups excluding carboxylic acids is 1. The van der Waals surface area contributed by atoms with Crippen molar-refractivity contribution in [2.75, 3.05) is 27.6 Å². The van der Waals surface area contributed by atoms with Crippen LogP contribution in [0.2, 0.25) is 0 Å². The zero-order valence-corrected chi connectivity index (χ0v) is 21.1. The van der Waals surface area contributed by atoms with Gasteiger partial charge in [0.2, 0.25) is 10.0 Å². The Labute approximate surface area is 212 Å². The number of hydrogen-bond donors (Lipinski definition) is 2. The molecule has 2 N–H and O–H groups in total. The number of sulfonamides is 2. The van der Waals surface area contributed by atoms with E-state index in [-0.39, 0.29) is 33.2 Å². The number of carbonyl (C=O) groups is 1. The Morgan fingerprint density at radius 3 is 2.24 bits per heavy atom. The first-order valence-corrected chi connectivity index (χ1v) is 14.2. The first kappa shape index (κ1) is 24.5. The molecule has 0 bridgehead atoms. The summed E-state index contributed by atoms with van der Waals surface area (Å²) in [6, 6.07) is 17.9. The molecule has 3 aromatic carbocycles. The van der Waals surface area contributed by atoms with Crippen molar-refractivity contribution in [1.82, 2.24) is 9.78 Å². The van der Waals surface area contributed by atoms with Crippen LogP contribution in [-0.4, -0.2) is 45.8 Å². The number of para-hydroxylation sites is 1. The summed E-state index contributed by atoms with van der Waals surface area (Å²) in [6.45, 7) is 0. The predicted molar refractivity (Wildman–Crippen MR) is 137 cm³/mol. The van der Waals surface area contributed by atoms with Crippen molar-refractivity contribution in [2.24, 2.45) is 0 Å². The van der Waals surface area contributed by atoms with Crippen LogP contribution in [0.5, 0.6) is 0 Å². The molecule has 0 fully saturated rings. The minimum atomic E-state index is -4.02. The van der Waals surface area contributed by atoms with E-state index in [0.717, 1.165) is 10.6 Å². The Morgan fingerprint density at radius 2 is 1.57 bits per heavy atom. The Kier molecular flexibility index (Phi) is 5.76. The van der Waals surface area contributed by atoms with Gasteiger partial charge in [0.1, 0.15) is 22.9 Å². The van der Waals surface area contributed by atoms with Crippen molar-refractivity contribution in [3.8, 4) is 16.9 Å². The van der Waals surface area contributed by atoms with Gasteiger partial charge in [-0.2, -0.15) is 5.10 Å². The first-order chi connectivity index (χ1) is 17.5. The molecule has 0 spiro atoms. The fraction of sp³-hybridized carbons (Fsp3) is 0.0833. The summed E-state index contributed by atoms with van der Waals surface area (Å²) < 4.78 is 68.8. The topological polar surface area (TPSA) is 130 Å². The fourth-order valence-electron chi connectivity index (χ4n) is 4.08. The standard InChI is InChI=1S/C24H20FN5O5S2/c1-29-23-21(24(31)26-15-11-13-16(14-12-15)28-36(2,32)33)27-30(19-9-5-4-8-18(19)25)22(23)17-7-3-6-10-20(17)37(29,34)35/h3-14,28H,1-2H3,(H,26,31). The third-order valence-electron chi connectivity index (χ3n) is 5.70. The molecule has 1 amide bonds. The fourth-order valence-corrected chi connectivity index (χ4v) is 6.05. The van der Waals surface area contributed by atoms with E-state index in [1.807, 2.05) is 0 Å². The molecule has 5 rings (SSSR count). The summed E-state index contributed by atoms with van der Waals surface area (Å²) in [7, 11) is -6.20. The van der Waals surface area contributed by atoms with Crippen LogP contribution in [0.25, 0.3) is 16.9 Å². The van der Waals surface area contributed by atoms with Crippen LogP contribution in [0.4, 0.5) is 21.5 Å². The molecule has 1 aromatic heterocycles. The maximum absolute atomic E-state index is 14.8. The molecule has 0 radical (unpaired) electrons. The monoisotopic (exact) mass is 541 g/mol. The Hall–Kier alpha value is -4.23. The minimum absolute atomic E-state index is 0.00316. The summed E-state index contributed by atoms with van der Waals surface area (Å²) in [6.07, 6.45) is 1.01. The molecule has 0 aliphatic carbocycles. The molecule has 10 nitrogen and oxygen atoms in total. The SMILES string of the molecule is CN1c2c(C(=O)Nc3ccc(NS(C)(=O)=O)cc3)nn(-c3ccccc3F)c2-c2ccccc2S1(=O)=O. The molecular formula is C24H20FN5O5S2. The number of fused-ring (bicyclic) bond motifs is 3. The van der Waals surface area contributed by atoms with Gasteiger partial charge in [0.25, 0.3) is 15.9 Å². The molecule has 0 unspecified atom stereocenters. The van der Waals surface area contributed by atoms with Crippen LogP contribution in [0.1, 0.15) is 10.5 Å². The van der Waals surface area contributed by atoms with Crippen LogP contribution in [0.3, 0.4) is 0 Å². The molecule has 0 saturated carbocycles. The van der Waals surface area contributed by atoms with Crippen molar-refractivity contribution < 1.29 is 26.0 Å². The number of anilines is 3. The summed E-state index contributed by atoms with van der Waals surface area (Å²) in [5, 5.41) is 7.01. The second kappa shape index (κ2) is 8.71. The second-order valence-corrected chi connectivity index (χ2v) is 12.0. The quantitative estimate of drug-likeness (QED) is 0.398. The Balaban J connectivity index is 1.65. The molecule has 13 heteroatoms. The second-order valence-electron chi connectivity index (χ2n) is 8.28. The molecular weight excluding hydrogens is 521 g/mol. The lowest BCUT2D eigenvalue weighted by Gasteiger charge is -2.27. The molecule has 1 aliphatic rings. The molecule has 2 heterocycles. The largest absolute Gasteiger partial charge is 0.321 e. The van der Waals surface area contributed by atoms with Crippen LogP contribution < -0.4 is 14.3 Å². The van der Waals surface area contributed by atoms with E-state index < -0.39 is 31.8 Å². The zero-order chi connectivity index (χ0) is 26.5. The van der Waals surface area contributed by atoms with Gasteiger partial charge in [-0.25, -0.2) is 25.9 Å². The van der Waals surface area contributed by atoms with E-state index in [9.17, 15) is 26.0 Å². The maximum atomic E-state index is 14.8. The third-order valence-corrected chi connectivity index (χ3v) is 8.12. The number of amides is 1. The molecule has 37 heavy (non-hydrogen) atoms. The van der Waals surface area contributed by atoms with Crippen molar-refractivity contribution >= 4 is 43.0 Å². The van der Waals surface area contributed by atoms with Gasteiger partial charge in [-0.15, -0.1) is 0 Å². The molecule has 0 atom stereocenters. The highest BCUT2D eigenvalue weighted by Crippen LogP contribution is 2.45. The van der Waals surface area contributed by atoms with Gasteiger partial charge in [-0.05, 0) is 42.5 Å². The van der Waals surface area contributed by atoms with Gasteiger partial charge < -0.3 is 5.32 Å². The van der Waals surface area contributed by atoms with Crippen LogP contribution in [0.15, 0.2) is 77.7 Å².